The summed E-state index contributed by atoms with van der Waals surface area (Å²) in [4.78, 5) is 43.1. The Morgan fingerprint density at radius 1 is 0.727 bits per heavy atom. The van der Waals surface area contributed by atoms with Gasteiger partial charge in [0.1, 0.15) is 10.5 Å². The van der Waals surface area contributed by atoms with Crippen molar-refractivity contribution in [2.45, 2.75) is 91.6 Å². The normalized spacial score (nSPS) is 19.2. The van der Waals surface area contributed by atoms with Gasteiger partial charge in [-0.2, -0.15) is 0 Å². The number of nitrogens with one attached hydrogen (secondary N) is 2. The van der Waals surface area contributed by atoms with Gasteiger partial charge >= 0.3 is 0 Å². The minimum Gasteiger partial charge on any atom is -0.295 e. The summed E-state index contributed by atoms with van der Waals surface area (Å²) >= 11 is 0. The smallest absolute Gasteiger partial charge is 0.244 e. The molecule has 2 fully saturated rings. The summed E-state index contributed by atoms with van der Waals surface area (Å²) in [7, 11) is -4.52. The molecule has 0 bridgehead atoms. The Morgan fingerprint density at radius 2 is 1.06 bits per heavy atom. The Bertz CT molecular complexity index is 673. The van der Waals surface area contributed by atoms with Crippen molar-refractivity contribution in [3.63, 3.8) is 0 Å². The standard InChI is InChI=1S/C6H9NO4S.C6H9NO3S.4C2H6.2B/c1-12(10,11)4-2-3-5(8)7-6(4)9;1-11(10)4-2-3-5(8)7-6(4)9;4*1-2;;/h4H,2-3H2,1H3,(H,7,8,9);4H,2-3H2,1H3,(H,7,8,9);4*1-2H3;;. The molecule has 192 valence electrons. The van der Waals surface area contributed by atoms with E-state index in [0.29, 0.717) is 12.8 Å². The second kappa shape index (κ2) is 26.8. The molecule has 0 aromatic carbocycles. The van der Waals surface area contributed by atoms with Crippen molar-refractivity contribution < 1.29 is 31.8 Å². The van der Waals surface area contributed by atoms with Gasteiger partial charge in [-0.25, -0.2) is 8.42 Å². The van der Waals surface area contributed by atoms with Crippen LogP contribution in [0.3, 0.4) is 0 Å². The lowest BCUT2D eigenvalue weighted by molar-refractivity contribution is -0.134. The number of imide groups is 2. The predicted octanol–water partition coefficient (Wildman–Crippen LogP) is 1.35. The van der Waals surface area contributed by atoms with Gasteiger partial charge in [-0.3, -0.25) is 34.0 Å². The molecule has 2 rings (SSSR count). The van der Waals surface area contributed by atoms with Crippen LogP contribution in [0.2, 0.25) is 0 Å². The third-order valence-corrected chi connectivity index (χ3v) is 6.03. The zero-order chi connectivity index (χ0) is 25.8. The number of carbonyl (C=O) groups is 4. The van der Waals surface area contributed by atoms with Gasteiger partial charge in [0.2, 0.25) is 23.6 Å². The fourth-order valence-corrected chi connectivity index (χ4v) is 3.88. The number of sulfone groups is 1. The van der Waals surface area contributed by atoms with Crippen molar-refractivity contribution in [1.82, 2.24) is 10.6 Å². The number of rotatable bonds is 2. The lowest BCUT2D eigenvalue weighted by Gasteiger charge is -2.18. The molecule has 6 radical (unpaired) electrons. The molecule has 2 heterocycles. The van der Waals surface area contributed by atoms with E-state index in [2.05, 4.69) is 5.32 Å². The second-order valence-corrected chi connectivity index (χ2v) is 9.00. The molecule has 2 aliphatic heterocycles. The van der Waals surface area contributed by atoms with Crippen molar-refractivity contribution in [3.05, 3.63) is 0 Å². The molecular formula is C20H42B2N2O7S2. The van der Waals surface area contributed by atoms with Crippen LogP contribution in [-0.2, 0) is 39.8 Å². The van der Waals surface area contributed by atoms with Crippen LogP contribution in [0.1, 0.15) is 81.1 Å². The van der Waals surface area contributed by atoms with E-state index in [1.807, 2.05) is 60.7 Å². The van der Waals surface area contributed by atoms with Crippen molar-refractivity contribution in [1.29, 1.82) is 0 Å². The predicted molar refractivity (Wildman–Crippen MR) is 138 cm³/mol. The van der Waals surface area contributed by atoms with Gasteiger partial charge in [0, 0.05) is 53.0 Å². The van der Waals surface area contributed by atoms with Gasteiger partial charge in [-0.1, -0.05) is 55.4 Å². The van der Waals surface area contributed by atoms with Crippen LogP contribution < -0.4 is 10.6 Å². The number of amides is 4. The molecule has 3 unspecified atom stereocenters. The summed E-state index contributed by atoms with van der Waals surface area (Å²) in [6.07, 6.45) is 3.38. The first kappa shape index (κ1) is 45.1. The molecule has 0 aromatic heterocycles. The summed E-state index contributed by atoms with van der Waals surface area (Å²) in [6.45, 7) is 16.0. The maximum Gasteiger partial charge on any atom is 0.244 e. The molecular weight excluding hydrogens is 466 g/mol. The van der Waals surface area contributed by atoms with E-state index in [4.69, 9.17) is 0 Å². The minimum atomic E-state index is -3.36. The quantitative estimate of drug-likeness (QED) is 0.423. The summed E-state index contributed by atoms with van der Waals surface area (Å²) in [5.74, 6) is -1.77. The van der Waals surface area contributed by atoms with E-state index >= 15 is 0 Å². The monoisotopic (exact) mass is 508 g/mol. The van der Waals surface area contributed by atoms with Crippen LogP contribution in [0.25, 0.3) is 0 Å². The number of hydrogen-bond acceptors (Lipinski definition) is 7. The van der Waals surface area contributed by atoms with E-state index in [1.54, 1.807) is 0 Å². The largest absolute Gasteiger partial charge is 0.295 e. The first-order valence-electron chi connectivity index (χ1n) is 10.7. The third-order valence-electron chi connectivity index (χ3n) is 3.29. The highest BCUT2D eigenvalue weighted by Gasteiger charge is 2.34. The Morgan fingerprint density at radius 3 is 1.33 bits per heavy atom. The number of carbonyl (C=O) groups excluding carboxylic acids is 4. The topological polar surface area (TPSA) is 144 Å². The first-order chi connectivity index (χ1) is 14.5. The summed E-state index contributed by atoms with van der Waals surface area (Å²) in [5, 5.41) is 2.58. The van der Waals surface area contributed by atoms with E-state index in [1.165, 1.54) is 6.26 Å². The maximum atomic E-state index is 10.9. The van der Waals surface area contributed by atoms with Crippen molar-refractivity contribution in [2.75, 3.05) is 12.5 Å². The minimum absolute atomic E-state index is 0. The van der Waals surface area contributed by atoms with Crippen LogP contribution in [-0.4, -0.2) is 76.1 Å². The fraction of sp³-hybridized carbons (Fsp3) is 0.800. The SMILES string of the molecule is CC.CC.CC.CC.CS(=O)(=O)C1CCC(=O)NC1=O.CS(=O)C1CCC(=O)NC1=O.[B].[B]. The van der Waals surface area contributed by atoms with Gasteiger partial charge < -0.3 is 0 Å². The van der Waals surface area contributed by atoms with Gasteiger partial charge in [0.15, 0.2) is 9.84 Å². The van der Waals surface area contributed by atoms with Crippen molar-refractivity contribution in [2.24, 2.45) is 0 Å². The van der Waals surface area contributed by atoms with Crippen LogP contribution in [0, 0.1) is 0 Å². The lowest BCUT2D eigenvalue weighted by atomic mass is 10.1. The summed E-state index contributed by atoms with van der Waals surface area (Å²) in [5.41, 5.74) is 0. The van der Waals surface area contributed by atoms with Crippen LogP contribution >= 0.6 is 0 Å². The molecule has 0 saturated carbocycles. The molecule has 0 aromatic rings. The number of piperidine rings is 2. The van der Waals surface area contributed by atoms with Crippen molar-refractivity contribution in [3.8, 4) is 0 Å². The number of hydrogen-bond donors (Lipinski definition) is 2. The molecule has 2 aliphatic rings. The molecule has 33 heavy (non-hydrogen) atoms. The second-order valence-electron chi connectivity index (χ2n) is 5.21. The van der Waals surface area contributed by atoms with Gasteiger partial charge in [-0.15, -0.1) is 0 Å². The van der Waals surface area contributed by atoms with Gasteiger partial charge in [0.25, 0.3) is 0 Å². The molecule has 2 N–H and O–H groups in total. The van der Waals surface area contributed by atoms with E-state index in [-0.39, 0.29) is 35.6 Å². The molecule has 3 atom stereocenters. The average molecular weight is 508 g/mol. The maximum absolute atomic E-state index is 10.9. The highest BCUT2D eigenvalue weighted by Crippen LogP contribution is 2.12. The van der Waals surface area contributed by atoms with Crippen LogP contribution in [0.5, 0.6) is 0 Å². The molecule has 4 amide bonds. The highest BCUT2D eigenvalue weighted by molar-refractivity contribution is 7.92. The third kappa shape index (κ3) is 20.8. The Balaban J connectivity index is -0.0000000810. The highest BCUT2D eigenvalue weighted by atomic mass is 32.2. The summed E-state index contributed by atoms with van der Waals surface area (Å²) in [6, 6.07) is 0. The van der Waals surface area contributed by atoms with E-state index in [9.17, 15) is 31.8 Å². The van der Waals surface area contributed by atoms with E-state index in [0.717, 1.165) is 6.26 Å². The first-order valence-corrected chi connectivity index (χ1v) is 14.3. The molecule has 13 heteroatoms. The Labute approximate surface area is 207 Å². The van der Waals surface area contributed by atoms with Gasteiger partial charge in [0.05, 0.1) is 0 Å². The molecule has 0 aliphatic carbocycles. The molecule has 0 spiro atoms. The van der Waals surface area contributed by atoms with Crippen LogP contribution in [0.4, 0.5) is 0 Å². The molecule has 2 saturated heterocycles. The van der Waals surface area contributed by atoms with E-state index < -0.39 is 48.9 Å². The Kier molecular flexibility index (Phi) is 36.5. The zero-order valence-electron chi connectivity index (χ0n) is 21.8. The van der Waals surface area contributed by atoms with Gasteiger partial charge in [-0.05, 0) is 12.8 Å². The average Bonchev–Trinajstić information content (AvgIpc) is 2.73. The lowest BCUT2D eigenvalue weighted by Crippen LogP contribution is -2.47. The Hall–Kier alpha value is -1.49. The van der Waals surface area contributed by atoms with Crippen LogP contribution in [0.15, 0.2) is 0 Å². The molecule has 9 nitrogen and oxygen atoms in total. The summed E-state index contributed by atoms with van der Waals surface area (Å²) < 4.78 is 32.7. The fourth-order valence-electron chi connectivity index (χ4n) is 2.07. The van der Waals surface area contributed by atoms with Crippen molar-refractivity contribution >= 4 is 61.1 Å². The zero-order valence-corrected chi connectivity index (χ0v) is 23.4.